The summed E-state index contributed by atoms with van der Waals surface area (Å²) >= 11 is 0. The number of hydrogen-bond donors (Lipinski definition) is 0. The molecule has 0 aromatic carbocycles. The fourth-order valence-corrected chi connectivity index (χ4v) is 0.642. The Hall–Kier alpha value is 1.03. The standard InChI is InChI=1S/2C5H5.ClH.Nb/c2*1-2-4-5-3-1;;/h2*1-5H;1H;/p-1. The summed E-state index contributed by atoms with van der Waals surface area (Å²) in [7, 11) is 0. The van der Waals surface area contributed by atoms with Crippen LogP contribution in [0, 0.1) is 64.2 Å². The molecule has 0 amide bonds. The topological polar surface area (TPSA) is 0 Å². The van der Waals surface area contributed by atoms with Gasteiger partial charge in [-0.05, 0) is 64.2 Å². The van der Waals surface area contributed by atoms with Crippen LogP contribution in [0.1, 0.15) is 0 Å². The van der Waals surface area contributed by atoms with Crippen LogP contribution >= 0.6 is 0 Å². The van der Waals surface area contributed by atoms with Crippen LogP contribution in [-0.2, 0) is 22.4 Å². The molecule has 2 aliphatic carbocycles. The summed E-state index contributed by atoms with van der Waals surface area (Å²) < 4.78 is 0. The van der Waals surface area contributed by atoms with Gasteiger partial charge in [0, 0.05) is 22.4 Å². The minimum absolute atomic E-state index is 0. The molecule has 2 heteroatoms. The Bertz CT molecular complexity index is 43.0. The van der Waals surface area contributed by atoms with Crippen molar-refractivity contribution in [2.75, 3.05) is 0 Å². The van der Waals surface area contributed by atoms with Crippen molar-refractivity contribution in [3.8, 4) is 0 Å². The Morgan fingerprint density at radius 1 is 0.333 bits per heavy atom. The number of hydrogen-bond acceptors (Lipinski definition) is 0. The minimum Gasteiger partial charge on any atom is -1.00 e. The van der Waals surface area contributed by atoms with E-state index in [0.717, 1.165) is 0 Å². The van der Waals surface area contributed by atoms with E-state index in [0.29, 0.717) is 0 Å². The van der Waals surface area contributed by atoms with E-state index in [9.17, 15) is 0 Å². The fourth-order valence-electron chi connectivity index (χ4n) is 0.642. The van der Waals surface area contributed by atoms with E-state index >= 15 is 0 Å². The smallest absolute Gasteiger partial charge is 0 e. The first kappa shape index (κ1) is 15.5. The van der Waals surface area contributed by atoms with Crippen molar-refractivity contribution in [2.45, 2.75) is 0 Å². The molecule has 0 aliphatic heterocycles. The molecule has 63 valence electrons. The van der Waals surface area contributed by atoms with Gasteiger partial charge in [0.05, 0.1) is 0 Å². The quantitative estimate of drug-likeness (QED) is 0.491. The Morgan fingerprint density at radius 2 is 0.417 bits per heavy atom. The van der Waals surface area contributed by atoms with Gasteiger partial charge in [0.2, 0.25) is 0 Å². The van der Waals surface area contributed by atoms with Crippen molar-refractivity contribution >= 4 is 0 Å². The second kappa shape index (κ2) is 12.0. The van der Waals surface area contributed by atoms with Gasteiger partial charge in [0.1, 0.15) is 0 Å². The average Bonchev–Trinajstić information content (AvgIpc) is 2.67. The molecule has 12 heavy (non-hydrogen) atoms. The van der Waals surface area contributed by atoms with E-state index in [4.69, 9.17) is 0 Å². The summed E-state index contributed by atoms with van der Waals surface area (Å²) in [6.45, 7) is 0. The predicted molar refractivity (Wildman–Crippen MR) is 43.0 cm³/mol. The van der Waals surface area contributed by atoms with Crippen molar-refractivity contribution < 1.29 is 34.8 Å². The van der Waals surface area contributed by atoms with Crippen LogP contribution in [0.15, 0.2) is 0 Å². The first-order valence-corrected chi connectivity index (χ1v) is 3.33. The van der Waals surface area contributed by atoms with Crippen molar-refractivity contribution in [2.24, 2.45) is 0 Å². The van der Waals surface area contributed by atoms with Gasteiger partial charge >= 0.3 is 0 Å². The zero-order chi connectivity index (χ0) is 7.07. The summed E-state index contributed by atoms with van der Waals surface area (Å²) in [6.07, 6.45) is 20.0. The summed E-state index contributed by atoms with van der Waals surface area (Å²) in [5, 5.41) is 0. The van der Waals surface area contributed by atoms with Gasteiger partial charge in [-0.2, -0.15) is 0 Å². The molecular weight excluding hydrogens is 248 g/mol. The number of rotatable bonds is 0. The first-order valence-electron chi connectivity index (χ1n) is 3.33. The van der Waals surface area contributed by atoms with E-state index in [1.807, 2.05) is 64.2 Å². The van der Waals surface area contributed by atoms with Gasteiger partial charge in [0.15, 0.2) is 0 Å². The molecule has 0 heterocycles. The molecule has 0 aromatic rings. The molecule has 11 radical (unpaired) electrons. The van der Waals surface area contributed by atoms with Crippen molar-refractivity contribution in [3.63, 3.8) is 0 Å². The second-order valence-electron chi connectivity index (χ2n) is 1.92. The van der Waals surface area contributed by atoms with Gasteiger partial charge in [-0.15, -0.1) is 0 Å². The minimum atomic E-state index is 0. The van der Waals surface area contributed by atoms with E-state index in [1.54, 1.807) is 0 Å². The molecule has 0 bridgehead atoms. The van der Waals surface area contributed by atoms with Crippen LogP contribution in [0.5, 0.6) is 0 Å². The zero-order valence-electron chi connectivity index (χ0n) is 6.60. The van der Waals surface area contributed by atoms with E-state index in [1.165, 1.54) is 0 Å². The largest absolute Gasteiger partial charge is 1.00 e. The summed E-state index contributed by atoms with van der Waals surface area (Å²) in [6, 6.07) is 0. The Balaban J connectivity index is 0. The van der Waals surface area contributed by atoms with Crippen LogP contribution in [0.2, 0.25) is 0 Å². The molecule has 0 spiro atoms. The Morgan fingerprint density at radius 3 is 0.500 bits per heavy atom. The van der Waals surface area contributed by atoms with Gasteiger partial charge < -0.3 is 12.4 Å². The number of halogens is 1. The Kier molecular flexibility index (Phi) is 15.5. The van der Waals surface area contributed by atoms with Gasteiger partial charge in [0.25, 0.3) is 0 Å². The van der Waals surface area contributed by atoms with Crippen LogP contribution < -0.4 is 12.4 Å². The predicted octanol–water partition coefficient (Wildman–Crippen LogP) is -0.956. The molecule has 0 atom stereocenters. The summed E-state index contributed by atoms with van der Waals surface area (Å²) in [5.74, 6) is 0. The van der Waals surface area contributed by atoms with Crippen molar-refractivity contribution in [3.05, 3.63) is 64.2 Å². The van der Waals surface area contributed by atoms with Crippen LogP contribution in [0.4, 0.5) is 0 Å². The second-order valence-corrected chi connectivity index (χ2v) is 1.92. The molecule has 0 aromatic heterocycles. The van der Waals surface area contributed by atoms with Gasteiger partial charge in [-0.3, -0.25) is 0 Å². The van der Waals surface area contributed by atoms with Crippen molar-refractivity contribution in [1.82, 2.24) is 0 Å². The molecule has 2 aliphatic rings. The average molecular weight is 259 g/mol. The molecule has 0 nitrogen and oxygen atoms in total. The summed E-state index contributed by atoms with van der Waals surface area (Å²) in [4.78, 5) is 0. The third-order valence-corrected chi connectivity index (χ3v) is 1.11. The summed E-state index contributed by atoms with van der Waals surface area (Å²) in [5.41, 5.74) is 0. The fraction of sp³-hybridized carbons (Fsp3) is 0. The normalized spacial score (nSPS) is 20.0. The third kappa shape index (κ3) is 9.12. The molecule has 0 unspecified atom stereocenters. The molecule has 2 saturated carbocycles. The molecular formula is C10H10ClNb-. The van der Waals surface area contributed by atoms with Crippen LogP contribution in [-0.4, -0.2) is 0 Å². The van der Waals surface area contributed by atoms with Gasteiger partial charge in [-0.25, -0.2) is 0 Å². The van der Waals surface area contributed by atoms with Crippen molar-refractivity contribution in [1.29, 1.82) is 0 Å². The van der Waals surface area contributed by atoms with E-state index in [-0.39, 0.29) is 34.8 Å². The van der Waals surface area contributed by atoms with E-state index < -0.39 is 0 Å². The Labute approximate surface area is 98.8 Å². The monoisotopic (exact) mass is 258 g/mol. The maximum Gasteiger partial charge on any atom is 0 e. The molecule has 0 N–H and O–H groups in total. The van der Waals surface area contributed by atoms with E-state index in [2.05, 4.69) is 0 Å². The third-order valence-electron chi connectivity index (χ3n) is 1.11. The zero-order valence-corrected chi connectivity index (χ0v) is 9.55. The SMILES string of the molecule is [CH]1[CH][CH][CH][CH]1.[CH]1[CH][CH][CH][CH]1.[Cl-].[Nb]. The molecule has 2 rings (SSSR count). The maximum absolute atomic E-state index is 2.00. The maximum atomic E-state index is 2.00. The van der Waals surface area contributed by atoms with Gasteiger partial charge in [-0.1, -0.05) is 0 Å². The molecule has 2 fully saturated rings. The van der Waals surface area contributed by atoms with Crippen LogP contribution in [0.25, 0.3) is 0 Å². The first-order chi connectivity index (χ1) is 5.00. The van der Waals surface area contributed by atoms with Crippen LogP contribution in [0.3, 0.4) is 0 Å². The molecule has 0 saturated heterocycles.